The molecule has 3 rings (SSSR count). The van der Waals surface area contributed by atoms with Gasteiger partial charge in [0.1, 0.15) is 11.5 Å². The molecule has 1 aliphatic rings. The number of halogens is 4. The van der Waals surface area contributed by atoms with Gasteiger partial charge in [-0.15, -0.1) is 11.3 Å². The minimum Gasteiger partial charge on any atom is -0.389 e. The standard InChI is InChI=1S/C25H33F4N5O3S/c1-7-23(3,4)33-16-8-14(19(26)27)15(10-30-16)18-17(22(36)34-12-25(28,29)9-13(34)2)32-21(38-18)20(35)31-11-24(5,6)37/h8,10,13,19,37H,7,9,11-12H2,1-6H3,(H,30,33)(H,31,35)/t13-/m0/s1. The zero-order valence-electron chi connectivity index (χ0n) is 22.2. The van der Waals surface area contributed by atoms with Gasteiger partial charge in [-0.1, -0.05) is 6.92 Å². The third-order valence-electron chi connectivity index (χ3n) is 6.26. The van der Waals surface area contributed by atoms with Crippen molar-refractivity contribution in [1.82, 2.24) is 20.2 Å². The summed E-state index contributed by atoms with van der Waals surface area (Å²) >= 11 is 0.681. The molecule has 3 N–H and O–H groups in total. The second-order valence-electron chi connectivity index (χ2n) is 10.9. The van der Waals surface area contributed by atoms with E-state index in [0.717, 1.165) is 4.90 Å². The lowest BCUT2D eigenvalue weighted by molar-refractivity contribution is 0.0118. The molecule has 2 aromatic rings. The molecule has 1 atom stereocenters. The molecule has 13 heteroatoms. The summed E-state index contributed by atoms with van der Waals surface area (Å²) in [5, 5.41) is 15.3. The normalized spacial score (nSPS) is 17.7. The second-order valence-corrected chi connectivity index (χ2v) is 11.9. The number of amides is 2. The minimum atomic E-state index is -3.10. The van der Waals surface area contributed by atoms with Gasteiger partial charge in [-0.2, -0.15) is 0 Å². The van der Waals surface area contributed by atoms with E-state index in [2.05, 4.69) is 20.6 Å². The molecule has 0 saturated carbocycles. The first-order valence-corrected chi connectivity index (χ1v) is 13.0. The Bertz CT molecular complexity index is 1200. The van der Waals surface area contributed by atoms with Gasteiger partial charge in [0.15, 0.2) is 5.01 Å². The van der Waals surface area contributed by atoms with Gasteiger partial charge < -0.3 is 20.6 Å². The highest BCUT2D eigenvalue weighted by Gasteiger charge is 2.46. The molecule has 0 aliphatic carbocycles. The zero-order chi connectivity index (χ0) is 28.6. The summed E-state index contributed by atoms with van der Waals surface area (Å²) in [7, 11) is 0. The average molecular weight is 560 g/mol. The van der Waals surface area contributed by atoms with Crippen molar-refractivity contribution >= 4 is 29.0 Å². The van der Waals surface area contributed by atoms with Gasteiger partial charge in [-0.3, -0.25) is 9.59 Å². The Morgan fingerprint density at radius 1 is 1.29 bits per heavy atom. The maximum absolute atomic E-state index is 14.2. The number of thiazole rings is 1. The van der Waals surface area contributed by atoms with Crippen LogP contribution in [-0.2, 0) is 0 Å². The first-order chi connectivity index (χ1) is 17.4. The zero-order valence-corrected chi connectivity index (χ0v) is 23.0. The predicted octanol–water partition coefficient (Wildman–Crippen LogP) is 5.11. The first-order valence-electron chi connectivity index (χ1n) is 12.2. The van der Waals surface area contributed by atoms with Crippen LogP contribution in [-0.4, -0.2) is 68.0 Å². The average Bonchev–Trinajstić information content (AvgIpc) is 3.36. The van der Waals surface area contributed by atoms with Gasteiger partial charge in [0.25, 0.3) is 24.2 Å². The minimum absolute atomic E-state index is 0.0741. The van der Waals surface area contributed by atoms with Gasteiger partial charge in [0.2, 0.25) is 0 Å². The molecule has 38 heavy (non-hydrogen) atoms. The van der Waals surface area contributed by atoms with E-state index >= 15 is 0 Å². The van der Waals surface area contributed by atoms with Gasteiger partial charge in [-0.05, 0) is 47.1 Å². The van der Waals surface area contributed by atoms with E-state index in [1.165, 1.54) is 33.0 Å². The molecular weight excluding hydrogens is 526 g/mol. The topological polar surface area (TPSA) is 107 Å². The van der Waals surface area contributed by atoms with Crippen LogP contribution in [0.4, 0.5) is 23.4 Å². The molecule has 0 aromatic carbocycles. The highest BCUT2D eigenvalue weighted by atomic mass is 32.1. The molecule has 8 nitrogen and oxygen atoms in total. The van der Waals surface area contributed by atoms with Crippen molar-refractivity contribution in [3.05, 3.63) is 28.5 Å². The third-order valence-corrected chi connectivity index (χ3v) is 7.35. The summed E-state index contributed by atoms with van der Waals surface area (Å²) in [5.74, 6) is -4.54. The summed E-state index contributed by atoms with van der Waals surface area (Å²) in [6, 6.07) is 0.349. The number of aromatic nitrogens is 2. The number of aliphatic hydroxyl groups is 1. The van der Waals surface area contributed by atoms with E-state index in [0.29, 0.717) is 17.8 Å². The lowest BCUT2D eigenvalue weighted by Gasteiger charge is -2.25. The molecular formula is C25H33F4N5O3S. The van der Waals surface area contributed by atoms with Crippen LogP contribution in [0.25, 0.3) is 10.4 Å². The van der Waals surface area contributed by atoms with Crippen molar-refractivity contribution in [2.24, 2.45) is 0 Å². The Balaban J connectivity index is 2.11. The number of nitrogens with zero attached hydrogens (tertiary/aromatic N) is 3. The summed E-state index contributed by atoms with van der Waals surface area (Å²) in [5.41, 5.74) is -2.63. The smallest absolute Gasteiger partial charge is 0.280 e. The van der Waals surface area contributed by atoms with E-state index < -0.39 is 59.9 Å². The molecule has 0 unspecified atom stereocenters. The van der Waals surface area contributed by atoms with Crippen molar-refractivity contribution in [3.8, 4) is 10.4 Å². The van der Waals surface area contributed by atoms with E-state index in [-0.39, 0.29) is 33.5 Å². The maximum Gasteiger partial charge on any atom is 0.280 e. The summed E-state index contributed by atoms with van der Waals surface area (Å²) in [6.07, 6.45) is -1.66. The molecule has 210 valence electrons. The summed E-state index contributed by atoms with van der Waals surface area (Å²) in [6.45, 7) is 9.12. The number of carbonyl (C=O) groups is 2. The number of hydrogen-bond donors (Lipinski definition) is 3. The quantitative estimate of drug-likeness (QED) is 0.369. The Kier molecular flexibility index (Phi) is 8.42. The van der Waals surface area contributed by atoms with Crippen LogP contribution < -0.4 is 10.6 Å². The van der Waals surface area contributed by atoms with Crippen LogP contribution in [0.3, 0.4) is 0 Å². The maximum atomic E-state index is 14.2. The monoisotopic (exact) mass is 559 g/mol. The van der Waals surface area contributed by atoms with Gasteiger partial charge in [0, 0.05) is 41.9 Å². The number of rotatable bonds is 9. The number of alkyl halides is 4. The number of anilines is 1. The molecule has 3 heterocycles. The first kappa shape index (κ1) is 29.8. The van der Waals surface area contributed by atoms with Crippen molar-refractivity contribution in [2.75, 3.05) is 18.4 Å². The van der Waals surface area contributed by atoms with E-state index in [4.69, 9.17) is 0 Å². The fourth-order valence-corrected chi connectivity index (χ4v) is 4.89. The molecule has 1 aliphatic heterocycles. The largest absolute Gasteiger partial charge is 0.389 e. The Morgan fingerprint density at radius 2 is 1.95 bits per heavy atom. The van der Waals surface area contributed by atoms with Crippen LogP contribution in [0, 0.1) is 0 Å². The van der Waals surface area contributed by atoms with E-state index in [9.17, 15) is 32.3 Å². The Hall–Kier alpha value is -2.80. The van der Waals surface area contributed by atoms with Gasteiger partial charge in [0.05, 0.1) is 17.0 Å². The number of likely N-dealkylation sites (tertiary alicyclic amines) is 1. The molecule has 1 saturated heterocycles. The van der Waals surface area contributed by atoms with E-state index in [1.54, 1.807) is 0 Å². The van der Waals surface area contributed by atoms with E-state index in [1.807, 2.05) is 20.8 Å². The van der Waals surface area contributed by atoms with Crippen molar-refractivity contribution < 1.29 is 32.3 Å². The predicted molar refractivity (Wildman–Crippen MR) is 137 cm³/mol. The SMILES string of the molecule is CCC(C)(C)Nc1cc(C(F)F)c(-c2sc(C(=O)NCC(C)(C)O)nc2C(=O)N2CC(F)(F)C[C@@H]2C)cn1. The molecule has 0 bridgehead atoms. The number of nitrogens with one attached hydrogen (secondary N) is 2. The van der Waals surface area contributed by atoms with Crippen molar-refractivity contribution in [3.63, 3.8) is 0 Å². The highest BCUT2D eigenvalue weighted by Crippen LogP contribution is 2.40. The molecule has 1 fully saturated rings. The van der Waals surface area contributed by atoms with Crippen LogP contribution >= 0.6 is 11.3 Å². The Morgan fingerprint density at radius 3 is 2.47 bits per heavy atom. The van der Waals surface area contributed by atoms with Crippen molar-refractivity contribution in [2.45, 2.75) is 83.9 Å². The van der Waals surface area contributed by atoms with Gasteiger partial charge >= 0.3 is 0 Å². The molecule has 2 amide bonds. The molecule has 0 radical (unpaired) electrons. The number of pyridine rings is 1. The second kappa shape index (κ2) is 10.8. The van der Waals surface area contributed by atoms with Crippen LogP contribution in [0.2, 0.25) is 0 Å². The van der Waals surface area contributed by atoms with Gasteiger partial charge in [-0.25, -0.2) is 27.5 Å². The highest BCUT2D eigenvalue weighted by molar-refractivity contribution is 7.17. The fraction of sp³-hybridized carbons (Fsp3) is 0.600. The Labute approximate surface area is 222 Å². The third kappa shape index (κ3) is 6.99. The number of hydrogen-bond acceptors (Lipinski definition) is 7. The van der Waals surface area contributed by atoms with Crippen LogP contribution in [0.5, 0.6) is 0 Å². The van der Waals surface area contributed by atoms with Crippen LogP contribution in [0.1, 0.15) is 86.7 Å². The lowest BCUT2D eigenvalue weighted by Crippen LogP contribution is -2.38. The fourth-order valence-electron chi connectivity index (χ4n) is 3.88. The summed E-state index contributed by atoms with van der Waals surface area (Å²) in [4.78, 5) is 35.4. The molecule has 2 aromatic heterocycles. The number of carbonyl (C=O) groups excluding carboxylic acids is 2. The molecule has 0 spiro atoms. The van der Waals surface area contributed by atoms with Crippen LogP contribution in [0.15, 0.2) is 12.3 Å². The lowest BCUT2D eigenvalue weighted by atomic mass is 10.0. The summed E-state index contributed by atoms with van der Waals surface area (Å²) < 4.78 is 56.6. The van der Waals surface area contributed by atoms with Crippen molar-refractivity contribution in [1.29, 1.82) is 0 Å².